The van der Waals surface area contributed by atoms with Gasteiger partial charge in [0.15, 0.2) is 5.82 Å². The molecule has 1 heterocycles. The third kappa shape index (κ3) is 4.37. The molecule has 24 heavy (non-hydrogen) atoms. The monoisotopic (exact) mass is 350 g/mol. The van der Waals surface area contributed by atoms with Gasteiger partial charge in [0.05, 0.1) is 23.7 Å². The minimum atomic E-state index is -4.88. The molecule has 0 unspecified atom stereocenters. The Morgan fingerprint density at radius 3 is 2.38 bits per heavy atom. The number of nitriles is 1. The SMILES string of the molecule is N#Cc1ccc(N(Cc2ncon2)CC(F)(F)F)cc1C(F)(F)F. The van der Waals surface area contributed by atoms with Crippen molar-refractivity contribution in [1.82, 2.24) is 10.1 Å². The molecule has 0 atom stereocenters. The number of rotatable bonds is 4. The highest BCUT2D eigenvalue weighted by Crippen LogP contribution is 2.35. The summed E-state index contributed by atoms with van der Waals surface area (Å²) in [6, 6.07) is 3.67. The van der Waals surface area contributed by atoms with Gasteiger partial charge >= 0.3 is 12.4 Å². The fraction of sp³-hybridized carbons (Fsp3) is 0.308. The number of halogens is 6. The van der Waals surface area contributed by atoms with Crippen molar-refractivity contribution in [3.05, 3.63) is 41.5 Å². The molecule has 0 spiro atoms. The second-order valence-corrected chi connectivity index (χ2v) is 4.66. The van der Waals surface area contributed by atoms with Gasteiger partial charge in [-0.25, -0.2) is 0 Å². The number of hydrogen-bond donors (Lipinski definition) is 0. The lowest BCUT2D eigenvalue weighted by atomic mass is 10.1. The topological polar surface area (TPSA) is 66.0 Å². The molecule has 0 saturated carbocycles. The Hall–Kier alpha value is -2.77. The highest BCUT2D eigenvalue weighted by molar-refractivity contribution is 5.55. The molecule has 0 saturated heterocycles. The van der Waals surface area contributed by atoms with E-state index < -0.39 is 36.6 Å². The maximum absolute atomic E-state index is 13.0. The lowest BCUT2D eigenvalue weighted by molar-refractivity contribution is -0.137. The maximum atomic E-state index is 13.0. The van der Waals surface area contributed by atoms with Crippen LogP contribution in [0.15, 0.2) is 29.1 Å². The largest absolute Gasteiger partial charge is 0.417 e. The van der Waals surface area contributed by atoms with Gasteiger partial charge in [0.2, 0.25) is 6.39 Å². The van der Waals surface area contributed by atoms with Crippen molar-refractivity contribution in [1.29, 1.82) is 5.26 Å². The predicted octanol–water partition coefficient (Wildman–Crippen LogP) is 3.53. The van der Waals surface area contributed by atoms with Crippen LogP contribution >= 0.6 is 0 Å². The van der Waals surface area contributed by atoms with E-state index in [4.69, 9.17) is 5.26 Å². The molecular formula is C13H8F6N4O. The van der Waals surface area contributed by atoms with E-state index in [0.717, 1.165) is 18.5 Å². The Kier molecular flexibility index (Phi) is 4.68. The summed E-state index contributed by atoms with van der Waals surface area (Å²) < 4.78 is 81.4. The smallest absolute Gasteiger partial charge is 0.355 e. The highest BCUT2D eigenvalue weighted by Gasteiger charge is 2.36. The first-order valence-corrected chi connectivity index (χ1v) is 6.28. The van der Waals surface area contributed by atoms with E-state index in [1.54, 1.807) is 0 Å². The fourth-order valence-corrected chi connectivity index (χ4v) is 1.95. The van der Waals surface area contributed by atoms with Gasteiger partial charge < -0.3 is 9.42 Å². The lowest BCUT2D eigenvalue weighted by Crippen LogP contribution is -2.34. The van der Waals surface area contributed by atoms with E-state index in [1.807, 2.05) is 0 Å². The summed E-state index contributed by atoms with van der Waals surface area (Å²) in [6.45, 7) is -2.04. The van der Waals surface area contributed by atoms with Gasteiger partial charge in [-0.15, -0.1) is 0 Å². The van der Waals surface area contributed by atoms with Crippen LogP contribution < -0.4 is 4.90 Å². The molecule has 11 heteroatoms. The van der Waals surface area contributed by atoms with E-state index in [-0.39, 0.29) is 11.5 Å². The van der Waals surface area contributed by atoms with Gasteiger partial charge in [-0.05, 0) is 18.2 Å². The summed E-state index contributed by atoms with van der Waals surface area (Å²) in [5.74, 6) is -0.128. The molecule has 1 aromatic carbocycles. The zero-order chi connectivity index (χ0) is 18.0. The molecule has 0 aliphatic rings. The normalized spacial score (nSPS) is 12.0. The Labute approximate surface area is 131 Å². The third-order valence-electron chi connectivity index (χ3n) is 2.90. The second-order valence-electron chi connectivity index (χ2n) is 4.66. The average Bonchev–Trinajstić information content (AvgIpc) is 2.96. The number of nitrogens with zero attached hydrogens (tertiary/aromatic N) is 4. The molecule has 2 rings (SSSR count). The summed E-state index contributed by atoms with van der Waals surface area (Å²) in [7, 11) is 0. The van der Waals surface area contributed by atoms with Crippen LogP contribution in [0.25, 0.3) is 0 Å². The first-order valence-electron chi connectivity index (χ1n) is 6.28. The fourth-order valence-electron chi connectivity index (χ4n) is 1.95. The summed E-state index contributed by atoms with van der Waals surface area (Å²) in [5, 5.41) is 12.1. The second kappa shape index (κ2) is 6.38. The zero-order valence-electron chi connectivity index (χ0n) is 11.7. The van der Waals surface area contributed by atoms with E-state index in [2.05, 4.69) is 14.7 Å². The van der Waals surface area contributed by atoms with Crippen LogP contribution in [0.5, 0.6) is 0 Å². The van der Waals surface area contributed by atoms with Crippen LogP contribution in [-0.2, 0) is 12.7 Å². The molecule has 5 nitrogen and oxygen atoms in total. The summed E-state index contributed by atoms with van der Waals surface area (Å²) in [4.78, 5) is 4.17. The van der Waals surface area contributed by atoms with Gasteiger partial charge in [0.25, 0.3) is 0 Å². The third-order valence-corrected chi connectivity index (χ3v) is 2.90. The zero-order valence-corrected chi connectivity index (χ0v) is 11.7. The number of alkyl halides is 6. The van der Waals surface area contributed by atoms with E-state index >= 15 is 0 Å². The molecule has 0 aliphatic carbocycles. The van der Waals surface area contributed by atoms with Gasteiger partial charge in [-0.3, -0.25) is 0 Å². The average molecular weight is 350 g/mol. The molecule has 0 amide bonds. The molecule has 0 bridgehead atoms. The Bertz CT molecular complexity index is 732. The Balaban J connectivity index is 2.44. The van der Waals surface area contributed by atoms with E-state index in [1.165, 1.54) is 6.07 Å². The van der Waals surface area contributed by atoms with Gasteiger partial charge in [-0.2, -0.15) is 36.6 Å². The van der Waals surface area contributed by atoms with Gasteiger partial charge in [0, 0.05) is 5.69 Å². The summed E-state index contributed by atoms with van der Waals surface area (Å²) in [5.41, 5.74) is -2.37. The van der Waals surface area contributed by atoms with Crippen molar-refractivity contribution in [3.8, 4) is 6.07 Å². The van der Waals surface area contributed by atoms with Crippen molar-refractivity contribution >= 4 is 5.69 Å². The van der Waals surface area contributed by atoms with E-state index in [0.29, 0.717) is 11.0 Å². The molecule has 1 aromatic heterocycles. The lowest BCUT2D eigenvalue weighted by Gasteiger charge is -2.25. The minimum Gasteiger partial charge on any atom is -0.355 e. The number of hydrogen-bond acceptors (Lipinski definition) is 5. The number of benzene rings is 1. The van der Waals surface area contributed by atoms with Crippen molar-refractivity contribution in [3.63, 3.8) is 0 Å². The van der Waals surface area contributed by atoms with Crippen molar-refractivity contribution in [2.24, 2.45) is 0 Å². The molecule has 0 fully saturated rings. The van der Waals surface area contributed by atoms with Crippen molar-refractivity contribution < 1.29 is 30.9 Å². The summed E-state index contributed by atoms with van der Waals surface area (Å²) in [6.07, 6.45) is -8.66. The van der Waals surface area contributed by atoms with Crippen LogP contribution in [-0.4, -0.2) is 22.9 Å². The molecule has 2 aromatic rings. The molecule has 0 aliphatic heterocycles. The standard InChI is InChI=1S/C13H8F6N4O/c14-12(15,16)6-23(5-11-21-7-24-22-11)9-2-1-8(4-20)10(3-9)13(17,18)19/h1-3,7H,5-6H2. The minimum absolute atomic E-state index is 0.128. The van der Waals surface area contributed by atoms with Crippen LogP contribution in [0.1, 0.15) is 17.0 Å². The molecule has 0 N–H and O–H groups in total. The quantitative estimate of drug-likeness (QED) is 0.790. The predicted molar refractivity (Wildman–Crippen MR) is 67.6 cm³/mol. The first kappa shape index (κ1) is 17.6. The summed E-state index contributed by atoms with van der Waals surface area (Å²) >= 11 is 0. The van der Waals surface area contributed by atoms with Crippen LogP contribution in [0.2, 0.25) is 0 Å². The van der Waals surface area contributed by atoms with Gasteiger partial charge in [-0.1, -0.05) is 5.16 Å². The first-order chi connectivity index (χ1) is 11.1. The van der Waals surface area contributed by atoms with Crippen molar-refractivity contribution in [2.75, 3.05) is 11.4 Å². The molecular weight excluding hydrogens is 342 g/mol. The van der Waals surface area contributed by atoms with E-state index in [9.17, 15) is 26.3 Å². The van der Waals surface area contributed by atoms with Gasteiger partial charge in [0.1, 0.15) is 6.54 Å². The van der Waals surface area contributed by atoms with Crippen molar-refractivity contribution in [2.45, 2.75) is 18.9 Å². The van der Waals surface area contributed by atoms with Crippen LogP contribution in [0.3, 0.4) is 0 Å². The number of anilines is 1. The molecule has 0 radical (unpaired) electrons. The Morgan fingerprint density at radius 2 is 1.88 bits per heavy atom. The number of aromatic nitrogens is 2. The van der Waals surface area contributed by atoms with Crippen LogP contribution in [0, 0.1) is 11.3 Å². The Morgan fingerprint density at radius 1 is 1.17 bits per heavy atom. The molecule has 128 valence electrons. The maximum Gasteiger partial charge on any atom is 0.417 e. The van der Waals surface area contributed by atoms with Crippen LogP contribution in [0.4, 0.5) is 32.0 Å². The highest BCUT2D eigenvalue weighted by atomic mass is 19.4.